The number of aliphatic carboxylic acids is 1. The van der Waals surface area contributed by atoms with E-state index in [1.165, 1.54) is 0 Å². The van der Waals surface area contributed by atoms with Gasteiger partial charge in [-0.05, 0) is 23.3 Å². The van der Waals surface area contributed by atoms with Crippen LogP contribution in [-0.2, 0) is 4.79 Å². The summed E-state index contributed by atoms with van der Waals surface area (Å²) < 4.78 is 0. The van der Waals surface area contributed by atoms with Gasteiger partial charge in [-0.15, -0.1) is 0 Å². The van der Waals surface area contributed by atoms with E-state index >= 15 is 0 Å². The molecule has 2 unspecified atom stereocenters. The van der Waals surface area contributed by atoms with Gasteiger partial charge in [0.2, 0.25) is 0 Å². The normalized spacial score (nSPS) is 19.2. The molecule has 0 saturated carbocycles. The Morgan fingerprint density at radius 2 is 1.35 bits per heavy atom. The standard InChI is InChI=1S/C22H18N2O2/c25-22(26)21-19(16-10-4-1-5-11-16)20(17-12-6-2-7-13-17)23-24(21)18-14-8-3-9-15-18/h1-15,19,21H,(H,25,26). The molecule has 0 aromatic heterocycles. The molecule has 1 aliphatic heterocycles. The fraction of sp³-hybridized carbons (Fsp3) is 0.0909. The van der Waals surface area contributed by atoms with Crippen LogP contribution in [0.25, 0.3) is 0 Å². The third kappa shape index (κ3) is 2.86. The number of nitrogens with zero attached hydrogens (tertiary/aromatic N) is 2. The molecule has 1 aliphatic rings. The van der Waals surface area contributed by atoms with Crippen LogP contribution in [0, 0.1) is 0 Å². The van der Waals surface area contributed by atoms with Crippen LogP contribution in [0.1, 0.15) is 17.0 Å². The van der Waals surface area contributed by atoms with E-state index in [9.17, 15) is 9.90 Å². The van der Waals surface area contributed by atoms with Crippen molar-refractivity contribution < 1.29 is 9.90 Å². The first-order valence-corrected chi connectivity index (χ1v) is 8.51. The zero-order valence-corrected chi connectivity index (χ0v) is 14.1. The highest BCUT2D eigenvalue weighted by Crippen LogP contribution is 2.37. The van der Waals surface area contributed by atoms with Crippen LogP contribution in [0.3, 0.4) is 0 Å². The van der Waals surface area contributed by atoms with E-state index in [0.29, 0.717) is 0 Å². The maximum atomic E-state index is 12.2. The fourth-order valence-electron chi connectivity index (χ4n) is 3.42. The topological polar surface area (TPSA) is 52.9 Å². The Bertz CT molecular complexity index is 924. The van der Waals surface area contributed by atoms with Gasteiger partial charge in [0.15, 0.2) is 6.04 Å². The molecule has 1 heterocycles. The number of carboxylic acid groups (broad SMARTS) is 1. The van der Waals surface area contributed by atoms with E-state index in [1.54, 1.807) is 5.01 Å². The quantitative estimate of drug-likeness (QED) is 0.775. The average Bonchev–Trinajstić information content (AvgIpc) is 3.11. The van der Waals surface area contributed by atoms with Gasteiger partial charge in [-0.25, -0.2) is 9.80 Å². The summed E-state index contributed by atoms with van der Waals surface area (Å²) in [5.41, 5.74) is 3.42. The van der Waals surface area contributed by atoms with Crippen LogP contribution < -0.4 is 5.01 Å². The molecule has 1 N–H and O–H groups in total. The first-order chi connectivity index (χ1) is 12.8. The van der Waals surface area contributed by atoms with Crippen molar-refractivity contribution >= 4 is 17.4 Å². The summed E-state index contributed by atoms with van der Waals surface area (Å²) in [4.78, 5) is 12.2. The van der Waals surface area contributed by atoms with E-state index < -0.39 is 12.0 Å². The molecule has 26 heavy (non-hydrogen) atoms. The molecular weight excluding hydrogens is 324 g/mol. The third-order valence-corrected chi connectivity index (χ3v) is 4.59. The number of benzene rings is 3. The lowest BCUT2D eigenvalue weighted by molar-refractivity contribution is -0.138. The number of carboxylic acids is 1. The number of carbonyl (C=O) groups is 1. The van der Waals surface area contributed by atoms with E-state index in [0.717, 1.165) is 22.5 Å². The highest BCUT2D eigenvalue weighted by atomic mass is 16.4. The summed E-state index contributed by atoms with van der Waals surface area (Å²) in [6, 6.07) is 28.2. The Morgan fingerprint density at radius 3 is 1.92 bits per heavy atom. The molecule has 0 aliphatic carbocycles. The summed E-state index contributed by atoms with van der Waals surface area (Å²) in [5.74, 6) is -1.24. The summed E-state index contributed by atoms with van der Waals surface area (Å²) >= 11 is 0. The number of hydrazone groups is 1. The van der Waals surface area contributed by atoms with Crippen molar-refractivity contribution in [3.8, 4) is 0 Å². The van der Waals surface area contributed by atoms with Gasteiger partial charge in [-0.3, -0.25) is 0 Å². The second-order valence-corrected chi connectivity index (χ2v) is 6.20. The molecule has 4 heteroatoms. The van der Waals surface area contributed by atoms with Gasteiger partial charge in [0.25, 0.3) is 0 Å². The molecule has 4 rings (SSSR count). The number of para-hydroxylation sites is 1. The van der Waals surface area contributed by atoms with Crippen molar-refractivity contribution in [2.75, 3.05) is 5.01 Å². The molecule has 4 nitrogen and oxygen atoms in total. The molecule has 0 radical (unpaired) electrons. The Morgan fingerprint density at radius 1 is 0.808 bits per heavy atom. The van der Waals surface area contributed by atoms with Crippen molar-refractivity contribution in [1.29, 1.82) is 0 Å². The molecular formula is C22H18N2O2. The van der Waals surface area contributed by atoms with Gasteiger partial charge in [0.05, 0.1) is 17.3 Å². The Hall–Kier alpha value is -3.40. The maximum absolute atomic E-state index is 12.2. The number of rotatable bonds is 4. The second kappa shape index (κ2) is 6.84. The van der Waals surface area contributed by atoms with Gasteiger partial charge in [-0.2, -0.15) is 5.10 Å². The lowest BCUT2D eigenvalue weighted by Gasteiger charge is -2.25. The van der Waals surface area contributed by atoms with Crippen molar-refractivity contribution in [3.63, 3.8) is 0 Å². The monoisotopic (exact) mass is 342 g/mol. The summed E-state index contributed by atoms with van der Waals surface area (Å²) in [5, 5.41) is 16.4. The van der Waals surface area contributed by atoms with Crippen molar-refractivity contribution in [2.24, 2.45) is 5.10 Å². The smallest absolute Gasteiger partial charge is 0.329 e. The van der Waals surface area contributed by atoms with Crippen LogP contribution in [0.15, 0.2) is 96.1 Å². The average molecular weight is 342 g/mol. The molecule has 3 aromatic rings. The summed E-state index contributed by atoms with van der Waals surface area (Å²) in [6.45, 7) is 0. The SMILES string of the molecule is O=C(O)C1C(c2ccccc2)C(c2ccccc2)=NN1c1ccccc1. The largest absolute Gasteiger partial charge is 0.480 e. The summed E-state index contributed by atoms with van der Waals surface area (Å²) in [7, 11) is 0. The highest BCUT2D eigenvalue weighted by molar-refractivity contribution is 6.11. The second-order valence-electron chi connectivity index (χ2n) is 6.20. The van der Waals surface area contributed by atoms with Crippen LogP contribution >= 0.6 is 0 Å². The van der Waals surface area contributed by atoms with E-state index in [4.69, 9.17) is 5.10 Å². The highest BCUT2D eigenvalue weighted by Gasteiger charge is 2.44. The number of hydrogen-bond donors (Lipinski definition) is 1. The molecule has 0 amide bonds. The predicted molar refractivity (Wildman–Crippen MR) is 103 cm³/mol. The van der Waals surface area contributed by atoms with Crippen molar-refractivity contribution in [3.05, 3.63) is 102 Å². The molecule has 2 atom stereocenters. The third-order valence-electron chi connectivity index (χ3n) is 4.59. The molecule has 3 aromatic carbocycles. The first-order valence-electron chi connectivity index (χ1n) is 8.51. The molecule has 0 bridgehead atoms. The first kappa shape index (κ1) is 16.1. The summed E-state index contributed by atoms with van der Waals surface area (Å²) in [6.07, 6.45) is 0. The zero-order chi connectivity index (χ0) is 17.9. The molecule has 0 saturated heterocycles. The zero-order valence-electron chi connectivity index (χ0n) is 14.1. The maximum Gasteiger partial charge on any atom is 0.329 e. The van der Waals surface area contributed by atoms with Crippen molar-refractivity contribution in [1.82, 2.24) is 0 Å². The lowest BCUT2D eigenvalue weighted by atomic mass is 9.85. The van der Waals surface area contributed by atoms with E-state index in [-0.39, 0.29) is 5.92 Å². The van der Waals surface area contributed by atoms with Gasteiger partial charge < -0.3 is 5.11 Å². The number of anilines is 1. The van der Waals surface area contributed by atoms with Crippen molar-refractivity contribution in [2.45, 2.75) is 12.0 Å². The van der Waals surface area contributed by atoms with Crippen LogP contribution in [0.4, 0.5) is 5.69 Å². The van der Waals surface area contributed by atoms with Gasteiger partial charge in [-0.1, -0.05) is 78.9 Å². The lowest BCUT2D eigenvalue weighted by Crippen LogP contribution is -2.39. The van der Waals surface area contributed by atoms with Crippen LogP contribution in [-0.4, -0.2) is 22.8 Å². The van der Waals surface area contributed by atoms with E-state index in [1.807, 2.05) is 91.0 Å². The van der Waals surface area contributed by atoms with Gasteiger partial charge in [0, 0.05) is 0 Å². The van der Waals surface area contributed by atoms with Gasteiger partial charge >= 0.3 is 5.97 Å². The van der Waals surface area contributed by atoms with Crippen LogP contribution in [0.2, 0.25) is 0 Å². The van der Waals surface area contributed by atoms with E-state index in [2.05, 4.69) is 0 Å². The minimum Gasteiger partial charge on any atom is -0.480 e. The minimum absolute atomic E-state index is 0.351. The van der Waals surface area contributed by atoms with Gasteiger partial charge in [0.1, 0.15) is 0 Å². The predicted octanol–water partition coefficient (Wildman–Crippen LogP) is 4.15. The molecule has 0 spiro atoms. The Kier molecular flexibility index (Phi) is 4.23. The number of hydrogen-bond acceptors (Lipinski definition) is 3. The minimum atomic E-state index is -0.891. The Labute approximate surface area is 152 Å². The molecule has 0 fully saturated rings. The molecule has 128 valence electrons. The fourth-order valence-corrected chi connectivity index (χ4v) is 3.42. The Balaban J connectivity index is 1.89. The van der Waals surface area contributed by atoms with Crippen LogP contribution in [0.5, 0.6) is 0 Å².